The molecule has 1 N–H and O–H groups in total. The van der Waals surface area contributed by atoms with Crippen LogP contribution in [0.4, 0.5) is 14.5 Å². The average molecular weight is 394 g/mol. The van der Waals surface area contributed by atoms with E-state index in [1.165, 1.54) is 0 Å². The van der Waals surface area contributed by atoms with Gasteiger partial charge in [0.15, 0.2) is 0 Å². The van der Waals surface area contributed by atoms with E-state index in [4.69, 9.17) is 4.74 Å². The van der Waals surface area contributed by atoms with E-state index in [0.29, 0.717) is 12.2 Å². The molecule has 2 saturated heterocycles. The van der Waals surface area contributed by atoms with E-state index in [2.05, 4.69) is 0 Å². The number of alkyl halides is 2. The zero-order valence-electron chi connectivity index (χ0n) is 16.0. The molecule has 4 rings (SSSR count). The normalized spacial score (nSPS) is 31.1. The number of halogens is 2. The third-order valence-electron chi connectivity index (χ3n) is 6.65. The van der Waals surface area contributed by atoms with Crippen LogP contribution in [-0.4, -0.2) is 54.3 Å². The molecule has 1 saturated carbocycles. The predicted octanol–water partition coefficient (Wildman–Crippen LogP) is 3.41. The number of benzene rings is 1. The van der Waals surface area contributed by atoms with Crippen molar-refractivity contribution in [3.63, 3.8) is 0 Å². The van der Waals surface area contributed by atoms with Gasteiger partial charge in [0.25, 0.3) is 0 Å². The summed E-state index contributed by atoms with van der Waals surface area (Å²) in [6, 6.07) is 7.06. The second-order valence-electron chi connectivity index (χ2n) is 8.36. The van der Waals surface area contributed by atoms with E-state index in [1.54, 1.807) is 18.2 Å². The fourth-order valence-corrected chi connectivity index (χ4v) is 5.20. The van der Waals surface area contributed by atoms with E-state index in [1.807, 2.05) is 15.9 Å². The van der Waals surface area contributed by atoms with Crippen LogP contribution in [0.25, 0.3) is 0 Å². The number of hydrogen-bond acceptors (Lipinski definition) is 4. The van der Waals surface area contributed by atoms with E-state index in [-0.39, 0.29) is 23.8 Å². The van der Waals surface area contributed by atoms with Crippen molar-refractivity contribution < 1.29 is 23.4 Å². The van der Waals surface area contributed by atoms with Crippen molar-refractivity contribution >= 4 is 11.6 Å². The van der Waals surface area contributed by atoms with Crippen molar-refractivity contribution in [1.82, 2.24) is 4.90 Å². The average Bonchev–Trinajstić information content (AvgIpc) is 2.98. The van der Waals surface area contributed by atoms with E-state index in [9.17, 15) is 18.7 Å². The number of aliphatic hydroxyl groups excluding tert-OH is 1. The summed E-state index contributed by atoms with van der Waals surface area (Å²) in [7, 11) is 0. The molecule has 7 heteroatoms. The molecule has 1 aromatic rings. The largest absolute Gasteiger partial charge is 0.433 e. The van der Waals surface area contributed by atoms with Crippen molar-refractivity contribution in [2.45, 2.75) is 63.7 Å². The van der Waals surface area contributed by atoms with E-state index >= 15 is 0 Å². The Bertz CT molecular complexity index is 709. The Morgan fingerprint density at radius 3 is 2.61 bits per heavy atom. The van der Waals surface area contributed by atoms with Gasteiger partial charge in [-0.1, -0.05) is 12.1 Å². The number of nitrogens with zero attached hydrogens (tertiary/aromatic N) is 2. The van der Waals surface area contributed by atoms with Crippen molar-refractivity contribution in [1.29, 1.82) is 0 Å². The first-order valence-corrected chi connectivity index (χ1v) is 10.3. The van der Waals surface area contributed by atoms with Gasteiger partial charge >= 0.3 is 6.61 Å². The molecule has 3 aliphatic rings. The van der Waals surface area contributed by atoms with Crippen molar-refractivity contribution in [2.24, 2.45) is 5.41 Å². The molecule has 5 nitrogen and oxygen atoms in total. The lowest BCUT2D eigenvalue weighted by atomic mass is 9.78. The molecule has 154 valence electrons. The minimum Gasteiger partial charge on any atom is -0.433 e. The third kappa shape index (κ3) is 3.69. The Morgan fingerprint density at radius 1 is 1.11 bits per heavy atom. The van der Waals surface area contributed by atoms with Crippen molar-refractivity contribution in [3.05, 3.63) is 24.3 Å². The predicted molar refractivity (Wildman–Crippen MR) is 102 cm³/mol. The van der Waals surface area contributed by atoms with E-state index in [0.717, 1.165) is 58.0 Å². The molecule has 0 radical (unpaired) electrons. The number of ether oxygens (including phenoxy) is 1. The smallest absolute Gasteiger partial charge is 0.387 e. The summed E-state index contributed by atoms with van der Waals surface area (Å²) in [5.41, 5.74) is 0.195. The molecular weight excluding hydrogens is 366 g/mol. The molecule has 1 aromatic carbocycles. The van der Waals surface area contributed by atoms with Crippen LogP contribution < -0.4 is 9.64 Å². The summed E-state index contributed by atoms with van der Waals surface area (Å²) in [4.78, 5) is 17.4. The van der Waals surface area contributed by atoms with E-state index < -0.39 is 12.0 Å². The Kier molecular flexibility index (Phi) is 5.45. The maximum Gasteiger partial charge on any atom is 0.387 e. The SMILES string of the molecule is O=C1N(C2CCC(O)CC2)CC[C@]12CCCN(c1ccccc1OC(F)F)C2. The highest BCUT2D eigenvalue weighted by atomic mass is 19.3. The van der Waals surface area contributed by atoms with Crippen LogP contribution in [0.5, 0.6) is 5.75 Å². The molecule has 28 heavy (non-hydrogen) atoms. The fourth-order valence-electron chi connectivity index (χ4n) is 5.20. The highest BCUT2D eigenvalue weighted by Crippen LogP contribution is 2.44. The number of hydrogen-bond donors (Lipinski definition) is 1. The highest BCUT2D eigenvalue weighted by molar-refractivity contribution is 5.86. The number of aliphatic hydroxyl groups is 1. The minimum atomic E-state index is -2.87. The molecule has 0 bridgehead atoms. The zero-order valence-corrected chi connectivity index (χ0v) is 16.0. The lowest BCUT2D eigenvalue weighted by molar-refractivity contribution is -0.139. The molecule has 1 atom stereocenters. The molecule has 0 aromatic heterocycles. The molecule has 3 fully saturated rings. The number of carbonyl (C=O) groups excluding carboxylic acids is 1. The maximum atomic E-state index is 13.4. The second kappa shape index (κ2) is 7.85. The summed E-state index contributed by atoms with van der Waals surface area (Å²) in [5.74, 6) is 0.365. The lowest BCUT2D eigenvalue weighted by Crippen LogP contribution is -2.50. The lowest BCUT2D eigenvalue weighted by Gasteiger charge is -2.41. The number of likely N-dealkylation sites (tertiary alicyclic amines) is 1. The van der Waals surface area contributed by atoms with Gasteiger partial charge in [-0.15, -0.1) is 0 Å². The third-order valence-corrected chi connectivity index (χ3v) is 6.65. The summed E-state index contributed by atoms with van der Waals surface area (Å²) >= 11 is 0. The van der Waals surface area contributed by atoms with Crippen LogP contribution in [0, 0.1) is 5.41 Å². The summed E-state index contributed by atoms with van der Waals surface area (Å²) < 4.78 is 30.3. The molecule has 1 amide bonds. The summed E-state index contributed by atoms with van der Waals surface area (Å²) in [5, 5.41) is 9.75. The van der Waals surface area contributed by atoms with Gasteiger partial charge in [0.05, 0.1) is 17.2 Å². The number of anilines is 1. The molecule has 2 aliphatic heterocycles. The van der Waals surface area contributed by atoms with Gasteiger partial charge in [-0.05, 0) is 57.1 Å². The van der Waals surface area contributed by atoms with Crippen LogP contribution in [0.3, 0.4) is 0 Å². The minimum absolute atomic E-state index is 0.165. The van der Waals surface area contributed by atoms with Crippen LogP contribution in [-0.2, 0) is 4.79 Å². The van der Waals surface area contributed by atoms with Crippen LogP contribution in [0.15, 0.2) is 24.3 Å². The quantitative estimate of drug-likeness (QED) is 0.850. The van der Waals surface area contributed by atoms with Crippen LogP contribution >= 0.6 is 0 Å². The summed E-state index contributed by atoms with van der Waals surface area (Å²) in [6.07, 6.45) is 5.49. The van der Waals surface area contributed by atoms with Gasteiger partial charge in [0.1, 0.15) is 5.75 Å². The van der Waals surface area contributed by atoms with Crippen molar-refractivity contribution in [2.75, 3.05) is 24.5 Å². The number of amides is 1. The zero-order chi connectivity index (χ0) is 19.7. The van der Waals surface area contributed by atoms with Gasteiger partial charge in [-0.25, -0.2) is 0 Å². The molecule has 1 spiro atoms. The Labute approximate surface area is 164 Å². The highest BCUT2D eigenvalue weighted by Gasteiger charge is 2.50. The number of rotatable bonds is 4. The first kappa shape index (κ1) is 19.4. The van der Waals surface area contributed by atoms with Crippen molar-refractivity contribution in [3.8, 4) is 5.75 Å². The number of piperidine rings is 1. The monoisotopic (exact) mass is 394 g/mol. The first-order chi connectivity index (χ1) is 13.5. The number of para-hydroxylation sites is 2. The summed E-state index contributed by atoms with van der Waals surface area (Å²) in [6.45, 7) is -0.844. The standard InChI is InChI=1S/C21H28F2N2O3/c22-20(23)28-18-5-2-1-4-17(18)24-12-3-10-21(14-24)11-13-25(19(21)27)15-6-8-16(26)9-7-15/h1-2,4-5,15-16,20,26H,3,6-14H2/t15?,16?,21-/m0/s1. The van der Waals surface area contributed by atoms with Gasteiger partial charge in [0.2, 0.25) is 5.91 Å². The number of carbonyl (C=O) groups is 1. The molecular formula is C21H28F2N2O3. The molecule has 1 aliphatic carbocycles. The van der Waals surface area contributed by atoms with Gasteiger partial charge in [-0.3, -0.25) is 4.79 Å². The van der Waals surface area contributed by atoms with Gasteiger partial charge in [-0.2, -0.15) is 8.78 Å². The van der Waals surface area contributed by atoms with Crippen LogP contribution in [0.1, 0.15) is 44.9 Å². The molecule has 0 unspecified atom stereocenters. The first-order valence-electron chi connectivity index (χ1n) is 10.3. The van der Waals surface area contributed by atoms with Crippen LogP contribution in [0.2, 0.25) is 0 Å². The second-order valence-corrected chi connectivity index (χ2v) is 8.36. The van der Waals surface area contributed by atoms with Gasteiger partial charge < -0.3 is 19.6 Å². The maximum absolute atomic E-state index is 13.4. The Balaban J connectivity index is 1.50. The Hall–Kier alpha value is -1.89. The van der Waals surface area contributed by atoms with Gasteiger partial charge in [0, 0.05) is 25.7 Å². The fraction of sp³-hybridized carbons (Fsp3) is 0.667. The Morgan fingerprint density at radius 2 is 1.86 bits per heavy atom. The topological polar surface area (TPSA) is 53.0 Å². The molecule has 2 heterocycles.